The highest BCUT2D eigenvalue weighted by atomic mass is 19.1. The van der Waals surface area contributed by atoms with E-state index in [0.717, 1.165) is 0 Å². The van der Waals surface area contributed by atoms with Crippen LogP contribution in [0.15, 0.2) is 35.9 Å². The fourth-order valence-electron chi connectivity index (χ4n) is 1.48. The van der Waals surface area contributed by atoms with Crippen LogP contribution in [0.3, 0.4) is 0 Å². The molecule has 0 heterocycles. The Hall–Kier alpha value is -1.68. The fourth-order valence-corrected chi connectivity index (χ4v) is 1.48. The van der Waals surface area contributed by atoms with Gasteiger partial charge in [-0.2, -0.15) is 0 Å². The highest BCUT2D eigenvalue weighted by Gasteiger charge is 2.18. The molecule has 0 bridgehead atoms. The number of allylic oxidation sites excluding steroid dienone is 1. The first-order chi connectivity index (χ1) is 8.45. The molecule has 0 spiro atoms. The zero-order valence-electron chi connectivity index (χ0n) is 10.8. The Kier molecular flexibility index (Phi) is 5.04. The lowest BCUT2D eigenvalue weighted by molar-refractivity contribution is -0.118. The molecule has 3 nitrogen and oxygen atoms in total. The molecule has 1 aromatic rings. The fraction of sp³-hybridized carbons (Fsp3) is 0.357. The van der Waals surface area contributed by atoms with E-state index >= 15 is 0 Å². The third-order valence-electron chi connectivity index (χ3n) is 2.84. The van der Waals surface area contributed by atoms with Crippen molar-refractivity contribution in [1.29, 1.82) is 0 Å². The molecule has 0 saturated carbocycles. The second-order valence-corrected chi connectivity index (χ2v) is 4.23. The minimum Gasteiger partial charge on any atom is -0.386 e. The van der Waals surface area contributed by atoms with Crippen LogP contribution in [0.4, 0.5) is 4.39 Å². The predicted molar refractivity (Wildman–Crippen MR) is 68.4 cm³/mol. The largest absolute Gasteiger partial charge is 0.386 e. The molecule has 1 aromatic carbocycles. The highest BCUT2D eigenvalue weighted by Crippen LogP contribution is 2.17. The summed E-state index contributed by atoms with van der Waals surface area (Å²) in [5.74, 6) is -0.571. The molecular formula is C14H18FNO2. The van der Waals surface area contributed by atoms with Crippen molar-refractivity contribution in [3.05, 3.63) is 47.3 Å². The van der Waals surface area contributed by atoms with Gasteiger partial charge in [-0.1, -0.05) is 18.2 Å². The van der Waals surface area contributed by atoms with Gasteiger partial charge in [0.25, 0.3) is 0 Å². The number of carbonyl (C=O) groups is 1. The molecule has 2 unspecified atom stereocenters. The highest BCUT2D eigenvalue weighted by molar-refractivity contribution is 5.92. The van der Waals surface area contributed by atoms with Gasteiger partial charge in [0, 0.05) is 5.57 Å². The average molecular weight is 251 g/mol. The van der Waals surface area contributed by atoms with E-state index in [2.05, 4.69) is 5.32 Å². The van der Waals surface area contributed by atoms with Gasteiger partial charge >= 0.3 is 0 Å². The smallest absolute Gasteiger partial charge is 0.246 e. The number of nitrogens with one attached hydrogen (secondary N) is 1. The van der Waals surface area contributed by atoms with Gasteiger partial charge in [0.2, 0.25) is 5.91 Å². The minimum absolute atomic E-state index is 0.217. The second kappa shape index (κ2) is 6.31. The first kappa shape index (κ1) is 14.4. The van der Waals surface area contributed by atoms with Gasteiger partial charge < -0.3 is 10.4 Å². The van der Waals surface area contributed by atoms with Crippen LogP contribution in [0.2, 0.25) is 0 Å². The molecule has 2 atom stereocenters. The quantitative estimate of drug-likeness (QED) is 0.807. The van der Waals surface area contributed by atoms with Gasteiger partial charge in [-0.3, -0.25) is 4.79 Å². The Morgan fingerprint density at radius 1 is 1.39 bits per heavy atom. The molecule has 0 saturated heterocycles. The SMILES string of the molecule is C/C=C(/C)C(=O)NC(C)C(O)c1ccc(F)cc1. The van der Waals surface area contributed by atoms with Crippen LogP contribution in [-0.4, -0.2) is 17.1 Å². The molecule has 1 rings (SSSR count). The third kappa shape index (κ3) is 3.67. The van der Waals surface area contributed by atoms with Crippen LogP contribution in [0.25, 0.3) is 0 Å². The number of aliphatic hydroxyl groups excluding tert-OH is 1. The number of benzene rings is 1. The van der Waals surface area contributed by atoms with E-state index < -0.39 is 12.1 Å². The maximum absolute atomic E-state index is 12.8. The number of halogens is 1. The van der Waals surface area contributed by atoms with Gasteiger partial charge in [-0.25, -0.2) is 4.39 Å². The van der Waals surface area contributed by atoms with Gasteiger partial charge in [0.15, 0.2) is 0 Å². The number of amides is 1. The van der Waals surface area contributed by atoms with Gasteiger partial charge in [-0.05, 0) is 38.5 Å². The van der Waals surface area contributed by atoms with E-state index in [1.165, 1.54) is 24.3 Å². The molecule has 0 fully saturated rings. The summed E-state index contributed by atoms with van der Waals surface area (Å²) in [6.45, 7) is 5.18. The average Bonchev–Trinajstić information content (AvgIpc) is 2.37. The molecule has 0 aromatic heterocycles. The van der Waals surface area contributed by atoms with E-state index in [9.17, 15) is 14.3 Å². The van der Waals surface area contributed by atoms with Crippen molar-refractivity contribution in [1.82, 2.24) is 5.32 Å². The van der Waals surface area contributed by atoms with Crippen LogP contribution in [-0.2, 0) is 4.79 Å². The molecule has 4 heteroatoms. The molecular weight excluding hydrogens is 233 g/mol. The lowest BCUT2D eigenvalue weighted by Crippen LogP contribution is -2.37. The Bertz CT molecular complexity index is 440. The van der Waals surface area contributed by atoms with E-state index in [-0.39, 0.29) is 11.7 Å². The zero-order valence-corrected chi connectivity index (χ0v) is 10.8. The molecule has 0 aliphatic heterocycles. The first-order valence-electron chi connectivity index (χ1n) is 5.83. The van der Waals surface area contributed by atoms with E-state index in [0.29, 0.717) is 11.1 Å². The number of carbonyl (C=O) groups excluding carboxylic acids is 1. The maximum Gasteiger partial charge on any atom is 0.246 e. The molecule has 18 heavy (non-hydrogen) atoms. The topological polar surface area (TPSA) is 49.3 Å². The van der Waals surface area contributed by atoms with Crippen molar-refractivity contribution < 1.29 is 14.3 Å². The van der Waals surface area contributed by atoms with Crippen LogP contribution in [0, 0.1) is 5.82 Å². The number of rotatable bonds is 4. The summed E-state index contributed by atoms with van der Waals surface area (Å²) in [5.41, 5.74) is 1.16. The normalized spacial score (nSPS) is 15.1. The van der Waals surface area contributed by atoms with Crippen molar-refractivity contribution >= 4 is 5.91 Å². The Morgan fingerprint density at radius 3 is 2.44 bits per heavy atom. The monoisotopic (exact) mass is 251 g/mol. The molecule has 0 aliphatic carbocycles. The summed E-state index contributed by atoms with van der Waals surface area (Å²) in [6, 6.07) is 5.13. The first-order valence-corrected chi connectivity index (χ1v) is 5.83. The Labute approximate surface area is 106 Å². The third-order valence-corrected chi connectivity index (χ3v) is 2.84. The summed E-state index contributed by atoms with van der Waals surface area (Å²) in [5, 5.41) is 12.7. The summed E-state index contributed by atoms with van der Waals surface area (Å²) in [7, 11) is 0. The van der Waals surface area contributed by atoms with Crippen molar-refractivity contribution in [3.63, 3.8) is 0 Å². The molecule has 0 aliphatic rings. The lowest BCUT2D eigenvalue weighted by atomic mass is 10.0. The summed E-state index contributed by atoms with van der Waals surface area (Å²) >= 11 is 0. The van der Waals surface area contributed by atoms with Crippen LogP contribution in [0.5, 0.6) is 0 Å². The standard InChI is InChI=1S/C14H18FNO2/c1-4-9(2)14(18)16-10(3)13(17)11-5-7-12(15)8-6-11/h4-8,10,13,17H,1-3H3,(H,16,18)/b9-4-. The van der Waals surface area contributed by atoms with E-state index in [4.69, 9.17) is 0 Å². The molecule has 1 amide bonds. The number of aliphatic hydroxyl groups is 1. The van der Waals surface area contributed by atoms with Crippen molar-refractivity contribution in [2.24, 2.45) is 0 Å². The van der Waals surface area contributed by atoms with Gasteiger partial charge in [0.05, 0.1) is 12.1 Å². The van der Waals surface area contributed by atoms with Gasteiger partial charge in [-0.15, -0.1) is 0 Å². The minimum atomic E-state index is -0.862. The summed E-state index contributed by atoms with van der Waals surface area (Å²) in [4.78, 5) is 11.6. The predicted octanol–water partition coefficient (Wildman–Crippen LogP) is 2.33. The van der Waals surface area contributed by atoms with Crippen LogP contribution >= 0.6 is 0 Å². The van der Waals surface area contributed by atoms with Crippen LogP contribution < -0.4 is 5.32 Å². The van der Waals surface area contributed by atoms with E-state index in [1.54, 1.807) is 26.8 Å². The molecule has 98 valence electrons. The van der Waals surface area contributed by atoms with Gasteiger partial charge in [0.1, 0.15) is 5.82 Å². The van der Waals surface area contributed by atoms with E-state index in [1.807, 2.05) is 0 Å². The second-order valence-electron chi connectivity index (χ2n) is 4.23. The number of hydrogen-bond donors (Lipinski definition) is 2. The maximum atomic E-state index is 12.8. The van der Waals surface area contributed by atoms with Crippen molar-refractivity contribution in [2.75, 3.05) is 0 Å². The van der Waals surface area contributed by atoms with Crippen molar-refractivity contribution in [3.8, 4) is 0 Å². The Morgan fingerprint density at radius 2 is 1.94 bits per heavy atom. The molecule has 2 N–H and O–H groups in total. The van der Waals surface area contributed by atoms with Crippen molar-refractivity contribution in [2.45, 2.75) is 32.9 Å². The number of hydrogen-bond acceptors (Lipinski definition) is 2. The summed E-state index contributed by atoms with van der Waals surface area (Å²) in [6.07, 6.45) is 0.839. The summed E-state index contributed by atoms with van der Waals surface area (Å²) < 4.78 is 12.8. The lowest BCUT2D eigenvalue weighted by Gasteiger charge is -2.20. The molecule has 0 radical (unpaired) electrons. The zero-order chi connectivity index (χ0) is 13.7. The Balaban J connectivity index is 2.69. The van der Waals surface area contributed by atoms with Crippen LogP contribution in [0.1, 0.15) is 32.4 Å².